The number of thiophene rings is 1. The molecule has 6 nitrogen and oxygen atoms in total. The number of carbonyl (C=O) groups is 1. The van der Waals surface area contributed by atoms with Crippen LogP contribution in [0, 0.1) is 11.8 Å². The zero-order chi connectivity index (χ0) is 21.1. The third-order valence-electron chi connectivity index (χ3n) is 3.80. The van der Waals surface area contributed by atoms with Gasteiger partial charge in [-0.25, -0.2) is 13.2 Å². The number of carboxylic acid groups (broad SMARTS) is 1. The number of nitrogens with one attached hydrogen (secondary N) is 1. The molecule has 28 heavy (non-hydrogen) atoms. The van der Waals surface area contributed by atoms with Gasteiger partial charge < -0.3 is 10.0 Å². The first-order valence-electron chi connectivity index (χ1n) is 8.90. The Labute approximate surface area is 175 Å². The van der Waals surface area contributed by atoms with E-state index < -0.39 is 16.0 Å². The summed E-state index contributed by atoms with van der Waals surface area (Å²) in [5, 5.41) is 9.71. The number of halogens is 1. The molecule has 1 heterocycles. The number of nitrogens with zero attached hydrogens (tertiary/aromatic N) is 1. The molecule has 0 aliphatic carbocycles. The van der Waals surface area contributed by atoms with Crippen molar-refractivity contribution < 1.29 is 18.3 Å². The Morgan fingerprint density at radius 1 is 1.14 bits per heavy atom. The average Bonchev–Trinajstić information content (AvgIpc) is 3.00. The topological polar surface area (TPSA) is 86.7 Å². The van der Waals surface area contributed by atoms with Crippen LogP contribution in [-0.2, 0) is 10.0 Å². The van der Waals surface area contributed by atoms with Crippen molar-refractivity contribution in [1.82, 2.24) is 0 Å². The van der Waals surface area contributed by atoms with E-state index in [0.717, 1.165) is 11.3 Å². The van der Waals surface area contributed by atoms with Gasteiger partial charge in [0.2, 0.25) is 0 Å². The maximum atomic E-state index is 12.5. The lowest BCUT2D eigenvalue weighted by atomic mass is 10.1. The van der Waals surface area contributed by atoms with Gasteiger partial charge in [0, 0.05) is 18.8 Å². The Morgan fingerprint density at radius 3 is 2.21 bits per heavy atom. The largest absolute Gasteiger partial charge is 0.478 e. The van der Waals surface area contributed by atoms with E-state index in [1.165, 1.54) is 18.2 Å². The van der Waals surface area contributed by atoms with E-state index in [-0.39, 0.29) is 15.5 Å². The first kappa shape index (κ1) is 22.5. The number of carboxylic acids is 1. The fourth-order valence-electron chi connectivity index (χ4n) is 2.85. The molecule has 2 N–H and O–H groups in total. The maximum absolute atomic E-state index is 12.5. The second kappa shape index (κ2) is 9.15. The van der Waals surface area contributed by atoms with Crippen molar-refractivity contribution in [3.63, 3.8) is 0 Å². The molecule has 0 fully saturated rings. The van der Waals surface area contributed by atoms with Crippen LogP contribution in [0.2, 0.25) is 4.34 Å². The number of aromatic carboxylic acids is 1. The minimum Gasteiger partial charge on any atom is -0.478 e. The summed E-state index contributed by atoms with van der Waals surface area (Å²) < 4.78 is 27.8. The SMILES string of the molecule is CC(C)CN(CC(C)C)c1ccc(NS(=O)(=O)c2ccc(Cl)s2)cc1C(=O)O. The van der Waals surface area contributed by atoms with Crippen LogP contribution in [0.4, 0.5) is 11.4 Å². The normalized spacial score (nSPS) is 11.8. The highest BCUT2D eigenvalue weighted by Gasteiger charge is 2.21. The maximum Gasteiger partial charge on any atom is 0.337 e. The van der Waals surface area contributed by atoms with Crippen LogP contribution in [0.1, 0.15) is 38.1 Å². The van der Waals surface area contributed by atoms with Crippen molar-refractivity contribution >= 4 is 50.3 Å². The van der Waals surface area contributed by atoms with E-state index >= 15 is 0 Å². The first-order valence-corrected chi connectivity index (χ1v) is 11.6. The van der Waals surface area contributed by atoms with Gasteiger partial charge in [-0.2, -0.15) is 0 Å². The Morgan fingerprint density at radius 2 is 1.75 bits per heavy atom. The van der Waals surface area contributed by atoms with Gasteiger partial charge in [-0.05, 0) is 42.2 Å². The van der Waals surface area contributed by atoms with Crippen LogP contribution >= 0.6 is 22.9 Å². The van der Waals surface area contributed by atoms with Crippen molar-refractivity contribution in [3.05, 3.63) is 40.2 Å². The number of hydrogen-bond donors (Lipinski definition) is 2. The molecule has 0 amide bonds. The van der Waals surface area contributed by atoms with Crippen LogP contribution in [0.15, 0.2) is 34.5 Å². The van der Waals surface area contributed by atoms with Gasteiger partial charge in [-0.1, -0.05) is 39.3 Å². The smallest absolute Gasteiger partial charge is 0.337 e. The molecule has 2 rings (SSSR count). The Bertz CT molecular complexity index is 929. The molecule has 0 bridgehead atoms. The molecule has 1 aromatic carbocycles. The summed E-state index contributed by atoms with van der Waals surface area (Å²) in [5.74, 6) is -0.406. The minimum absolute atomic E-state index is 0.0608. The van der Waals surface area contributed by atoms with Crippen LogP contribution in [-0.4, -0.2) is 32.6 Å². The van der Waals surface area contributed by atoms with Gasteiger partial charge in [0.05, 0.1) is 15.6 Å². The summed E-state index contributed by atoms with van der Waals surface area (Å²) in [6.45, 7) is 9.70. The van der Waals surface area contributed by atoms with E-state index in [1.54, 1.807) is 12.1 Å². The summed E-state index contributed by atoms with van der Waals surface area (Å²) in [6, 6.07) is 7.52. The molecule has 0 atom stereocenters. The zero-order valence-corrected chi connectivity index (χ0v) is 18.7. The first-order chi connectivity index (χ1) is 13.0. The van der Waals surface area contributed by atoms with Crippen LogP contribution < -0.4 is 9.62 Å². The molecule has 0 aliphatic rings. The lowest BCUT2D eigenvalue weighted by Gasteiger charge is -2.30. The molecule has 0 saturated heterocycles. The Hall–Kier alpha value is -1.77. The van der Waals surface area contributed by atoms with Gasteiger partial charge in [0.25, 0.3) is 10.0 Å². The molecule has 9 heteroatoms. The van der Waals surface area contributed by atoms with E-state index in [2.05, 4.69) is 32.4 Å². The number of anilines is 2. The third kappa shape index (κ3) is 5.86. The van der Waals surface area contributed by atoms with Crippen molar-refractivity contribution in [2.75, 3.05) is 22.7 Å². The molecule has 0 unspecified atom stereocenters. The van der Waals surface area contributed by atoms with Gasteiger partial charge in [-0.3, -0.25) is 4.72 Å². The lowest BCUT2D eigenvalue weighted by molar-refractivity contribution is 0.0697. The van der Waals surface area contributed by atoms with Crippen molar-refractivity contribution in [2.24, 2.45) is 11.8 Å². The lowest BCUT2D eigenvalue weighted by Crippen LogP contribution is -2.32. The minimum atomic E-state index is -3.83. The van der Waals surface area contributed by atoms with Crippen molar-refractivity contribution in [3.8, 4) is 0 Å². The van der Waals surface area contributed by atoms with Crippen LogP contribution in [0.5, 0.6) is 0 Å². The quantitative estimate of drug-likeness (QED) is 0.567. The molecule has 0 saturated carbocycles. The van der Waals surface area contributed by atoms with E-state index in [1.807, 2.05) is 4.90 Å². The van der Waals surface area contributed by atoms with Crippen molar-refractivity contribution in [2.45, 2.75) is 31.9 Å². The summed E-state index contributed by atoms with van der Waals surface area (Å²) in [4.78, 5) is 13.9. The second-order valence-electron chi connectivity index (χ2n) is 7.39. The van der Waals surface area contributed by atoms with Crippen LogP contribution in [0.3, 0.4) is 0 Å². The van der Waals surface area contributed by atoms with E-state index in [0.29, 0.717) is 34.9 Å². The molecule has 0 aliphatic heterocycles. The predicted octanol–water partition coefficient (Wildman–Crippen LogP) is 5.02. The van der Waals surface area contributed by atoms with Crippen molar-refractivity contribution in [1.29, 1.82) is 0 Å². The fourth-order valence-corrected chi connectivity index (χ4v) is 5.38. The number of rotatable bonds is 9. The summed E-state index contributed by atoms with van der Waals surface area (Å²) >= 11 is 6.75. The Kier molecular flexibility index (Phi) is 7.36. The number of sulfonamides is 1. The Balaban J connectivity index is 2.40. The van der Waals surface area contributed by atoms with Gasteiger partial charge in [0.1, 0.15) is 4.21 Å². The highest BCUT2D eigenvalue weighted by Crippen LogP contribution is 2.30. The molecule has 2 aromatic rings. The molecule has 0 radical (unpaired) electrons. The second-order valence-corrected chi connectivity index (χ2v) is 11.0. The fraction of sp³-hybridized carbons (Fsp3) is 0.421. The number of hydrogen-bond acceptors (Lipinski definition) is 5. The third-order valence-corrected chi connectivity index (χ3v) is 6.91. The molecule has 1 aromatic heterocycles. The van der Waals surface area contributed by atoms with Gasteiger partial charge >= 0.3 is 5.97 Å². The summed E-state index contributed by atoms with van der Waals surface area (Å²) in [5.41, 5.74) is 0.836. The predicted molar refractivity (Wildman–Crippen MR) is 115 cm³/mol. The molecule has 154 valence electrons. The standard InChI is InChI=1S/C19H25ClN2O4S2/c1-12(2)10-22(11-13(3)4)16-6-5-14(9-15(16)19(23)24)21-28(25,26)18-8-7-17(20)27-18/h5-9,12-13,21H,10-11H2,1-4H3,(H,23,24). The van der Waals surface area contributed by atoms with Gasteiger partial charge in [-0.15, -0.1) is 11.3 Å². The molecule has 0 spiro atoms. The summed E-state index contributed by atoms with van der Waals surface area (Å²) in [6.07, 6.45) is 0. The molecular weight excluding hydrogens is 420 g/mol. The van der Waals surface area contributed by atoms with Gasteiger partial charge in [0.15, 0.2) is 0 Å². The average molecular weight is 445 g/mol. The highest BCUT2D eigenvalue weighted by molar-refractivity contribution is 7.94. The monoisotopic (exact) mass is 444 g/mol. The molecular formula is C19H25ClN2O4S2. The zero-order valence-electron chi connectivity index (χ0n) is 16.3. The highest BCUT2D eigenvalue weighted by atomic mass is 35.5. The summed E-state index contributed by atoms with van der Waals surface area (Å²) in [7, 11) is -3.83. The van der Waals surface area contributed by atoms with Crippen LogP contribution in [0.25, 0.3) is 0 Å². The van der Waals surface area contributed by atoms with E-state index in [4.69, 9.17) is 11.6 Å². The van der Waals surface area contributed by atoms with E-state index in [9.17, 15) is 18.3 Å². The number of benzene rings is 1.